The van der Waals surface area contributed by atoms with Gasteiger partial charge in [0.25, 0.3) is 0 Å². The van der Waals surface area contributed by atoms with E-state index in [0.717, 1.165) is 24.8 Å². The summed E-state index contributed by atoms with van der Waals surface area (Å²) < 4.78 is 11.0. The molecule has 2 aromatic rings. The Labute approximate surface area is 154 Å². The molecule has 1 unspecified atom stereocenters. The molecule has 0 amide bonds. The fraction of sp³-hybridized carbons (Fsp3) is 0.450. The van der Waals surface area contributed by atoms with Crippen LogP contribution < -0.4 is 4.74 Å². The highest BCUT2D eigenvalue weighted by molar-refractivity contribution is 5.80. The van der Waals surface area contributed by atoms with Gasteiger partial charge in [-0.2, -0.15) is 0 Å². The molecule has 6 nitrogen and oxygen atoms in total. The molecule has 26 heavy (non-hydrogen) atoms. The average Bonchev–Trinajstić information content (AvgIpc) is 2.66. The summed E-state index contributed by atoms with van der Waals surface area (Å²) in [5, 5.41) is 10.4. The maximum atomic E-state index is 11.9. The van der Waals surface area contributed by atoms with Crippen molar-refractivity contribution in [1.29, 1.82) is 0 Å². The van der Waals surface area contributed by atoms with E-state index in [1.54, 1.807) is 43.6 Å². The molecule has 0 radical (unpaired) electrons. The summed E-state index contributed by atoms with van der Waals surface area (Å²) in [7, 11) is 0. The predicted octanol–water partition coefficient (Wildman–Crippen LogP) is 3.56. The molecule has 0 fully saturated rings. The summed E-state index contributed by atoms with van der Waals surface area (Å²) in [6.07, 6.45) is 7.80. The van der Waals surface area contributed by atoms with Gasteiger partial charge < -0.3 is 14.6 Å². The molecule has 0 saturated heterocycles. The van der Waals surface area contributed by atoms with E-state index < -0.39 is 11.6 Å². The molecule has 0 spiro atoms. The van der Waals surface area contributed by atoms with E-state index in [1.165, 1.54) is 13.3 Å². The zero-order chi connectivity index (χ0) is 19.0. The second-order valence-electron chi connectivity index (χ2n) is 6.24. The highest BCUT2D eigenvalue weighted by atomic mass is 16.5. The van der Waals surface area contributed by atoms with Crippen molar-refractivity contribution in [2.24, 2.45) is 0 Å². The maximum absolute atomic E-state index is 11.9. The van der Waals surface area contributed by atoms with Gasteiger partial charge in [-0.15, -0.1) is 0 Å². The molecule has 0 bridgehead atoms. The van der Waals surface area contributed by atoms with Crippen LogP contribution >= 0.6 is 0 Å². The van der Waals surface area contributed by atoms with Gasteiger partial charge in [0.2, 0.25) is 0 Å². The Morgan fingerprint density at radius 3 is 2.42 bits per heavy atom. The Kier molecular flexibility index (Phi) is 7.09. The van der Waals surface area contributed by atoms with Gasteiger partial charge in [-0.1, -0.05) is 25.5 Å². The van der Waals surface area contributed by atoms with E-state index in [1.807, 2.05) is 0 Å². The quantitative estimate of drug-likeness (QED) is 0.690. The van der Waals surface area contributed by atoms with Gasteiger partial charge in [-0.05, 0) is 44.4 Å². The summed E-state index contributed by atoms with van der Waals surface area (Å²) >= 11 is 0. The van der Waals surface area contributed by atoms with Crippen LogP contribution in [0.2, 0.25) is 0 Å². The van der Waals surface area contributed by atoms with Crippen molar-refractivity contribution in [3.63, 3.8) is 0 Å². The molecule has 2 atom stereocenters. The van der Waals surface area contributed by atoms with Crippen molar-refractivity contribution >= 4 is 5.97 Å². The monoisotopic (exact) mass is 358 g/mol. The largest absolute Gasteiger partial charge is 0.486 e. The highest BCUT2D eigenvalue weighted by Gasteiger charge is 2.34. The molecule has 0 aliphatic heterocycles. The third-order valence-corrected chi connectivity index (χ3v) is 4.14. The topological polar surface area (TPSA) is 81.5 Å². The number of aromatic nitrogens is 2. The molecule has 1 N–H and O–H groups in total. The lowest BCUT2D eigenvalue weighted by Gasteiger charge is -2.23. The summed E-state index contributed by atoms with van der Waals surface area (Å²) in [4.78, 5) is 20.0. The lowest BCUT2D eigenvalue weighted by atomic mass is 9.96. The molecule has 1 aromatic carbocycles. The number of nitrogens with zero attached hydrogens (tertiary/aromatic N) is 2. The first-order valence-corrected chi connectivity index (χ1v) is 8.90. The zero-order valence-corrected chi connectivity index (χ0v) is 15.5. The van der Waals surface area contributed by atoms with Gasteiger partial charge in [-0.3, -0.25) is 0 Å². The van der Waals surface area contributed by atoms with Crippen molar-refractivity contribution in [3.8, 4) is 5.75 Å². The predicted molar refractivity (Wildman–Crippen MR) is 97.6 cm³/mol. The molecule has 140 valence electrons. The number of carbonyl (C=O) groups is 1. The number of aliphatic hydroxyl groups is 1. The molecule has 0 saturated carbocycles. The number of hydrogen-bond acceptors (Lipinski definition) is 6. The number of hydrogen-bond donors (Lipinski definition) is 1. The average molecular weight is 358 g/mol. The number of rotatable bonds is 9. The first-order chi connectivity index (χ1) is 12.5. The smallest absolute Gasteiger partial charge is 0.342 e. The van der Waals surface area contributed by atoms with Crippen molar-refractivity contribution in [3.05, 3.63) is 54.1 Å². The summed E-state index contributed by atoms with van der Waals surface area (Å²) in [5.74, 6) is -0.0192. The fourth-order valence-corrected chi connectivity index (χ4v) is 2.57. The Hall–Kier alpha value is -2.47. The van der Waals surface area contributed by atoms with E-state index in [9.17, 15) is 9.90 Å². The minimum atomic E-state index is -1.69. The molecule has 6 heteroatoms. The third-order valence-electron chi connectivity index (χ3n) is 4.14. The van der Waals surface area contributed by atoms with Crippen LogP contribution in [0.1, 0.15) is 57.3 Å². The van der Waals surface area contributed by atoms with E-state index in [2.05, 4.69) is 16.9 Å². The molecule has 1 aromatic heterocycles. The molecular weight excluding hydrogens is 332 g/mol. The lowest BCUT2D eigenvalue weighted by molar-refractivity contribution is -0.164. The first-order valence-electron chi connectivity index (χ1n) is 8.90. The molecule has 2 rings (SSSR count). The Balaban J connectivity index is 2.14. The van der Waals surface area contributed by atoms with Gasteiger partial charge in [0.1, 0.15) is 18.2 Å². The standard InChI is InChI=1S/C20H26N2O4/c1-4-6-7-18(15-12-21-14-22-13-15)26-17-10-8-16(9-11-17)20(3,24)19(23)25-5-2/h8-14,18,24H,4-7H2,1-3H3/t18?,20-/m1/s1. The second kappa shape index (κ2) is 9.29. The normalized spacial score (nSPS) is 14.3. The zero-order valence-electron chi connectivity index (χ0n) is 15.5. The molecular formula is C20H26N2O4. The van der Waals surface area contributed by atoms with Crippen LogP contribution in [0, 0.1) is 0 Å². The first kappa shape index (κ1) is 19.8. The van der Waals surface area contributed by atoms with Crippen LogP contribution in [0.15, 0.2) is 43.0 Å². The van der Waals surface area contributed by atoms with Gasteiger partial charge in [0.05, 0.1) is 6.61 Å². The second-order valence-corrected chi connectivity index (χ2v) is 6.24. The number of benzene rings is 1. The fourth-order valence-electron chi connectivity index (χ4n) is 2.57. The van der Waals surface area contributed by atoms with E-state index in [-0.39, 0.29) is 12.7 Å². The van der Waals surface area contributed by atoms with Crippen molar-refractivity contribution in [2.75, 3.05) is 6.61 Å². The summed E-state index contributed by atoms with van der Waals surface area (Å²) in [6.45, 7) is 5.47. The molecule has 1 heterocycles. The lowest BCUT2D eigenvalue weighted by Crippen LogP contribution is -2.34. The van der Waals surface area contributed by atoms with Gasteiger partial charge in [-0.25, -0.2) is 14.8 Å². The van der Waals surface area contributed by atoms with Crippen molar-refractivity contribution in [1.82, 2.24) is 9.97 Å². The van der Waals surface area contributed by atoms with E-state index >= 15 is 0 Å². The summed E-state index contributed by atoms with van der Waals surface area (Å²) in [5.41, 5.74) is -0.316. The van der Waals surface area contributed by atoms with Crippen LogP contribution in [0.5, 0.6) is 5.75 Å². The molecule has 0 aliphatic rings. The number of ether oxygens (including phenoxy) is 2. The Bertz CT molecular complexity index is 687. The van der Waals surface area contributed by atoms with E-state index in [4.69, 9.17) is 9.47 Å². The van der Waals surface area contributed by atoms with Crippen molar-refractivity contribution < 1.29 is 19.4 Å². The molecule has 0 aliphatic carbocycles. The van der Waals surface area contributed by atoms with Crippen LogP contribution in [-0.2, 0) is 15.1 Å². The minimum absolute atomic E-state index is 0.146. The van der Waals surface area contributed by atoms with Crippen LogP contribution in [-0.4, -0.2) is 27.7 Å². The van der Waals surface area contributed by atoms with Crippen molar-refractivity contribution in [2.45, 2.75) is 51.7 Å². The van der Waals surface area contributed by atoms with Crippen LogP contribution in [0.25, 0.3) is 0 Å². The number of unbranched alkanes of at least 4 members (excludes halogenated alkanes) is 1. The van der Waals surface area contributed by atoms with Gasteiger partial charge in [0, 0.05) is 18.0 Å². The third kappa shape index (κ3) is 5.02. The van der Waals surface area contributed by atoms with Gasteiger partial charge in [0.15, 0.2) is 5.60 Å². The van der Waals surface area contributed by atoms with E-state index in [0.29, 0.717) is 11.3 Å². The SMILES string of the molecule is CCCCC(Oc1ccc([C@@](C)(O)C(=O)OCC)cc1)c1cncnc1. The number of esters is 1. The van der Waals surface area contributed by atoms with Crippen LogP contribution in [0.3, 0.4) is 0 Å². The maximum Gasteiger partial charge on any atom is 0.342 e. The van der Waals surface area contributed by atoms with Gasteiger partial charge >= 0.3 is 5.97 Å². The number of carbonyl (C=O) groups excluding carboxylic acids is 1. The Morgan fingerprint density at radius 2 is 1.85 bits per heavy atom. The van der Waals surface area contributed by atoms with Crippen LogP contribution in [0.4, 0.5) is 0 Å². The minimum Gasteiger partial charge on any atom is -0.486 e. The highest BCUT2D eigenvalue weighted by Crippen LogP contribution is 2.29. The summed E-state index contributed by atoms with van der Waals surface area (Å²) in [6, 6.07) is 6.83. The Morgan fingerprint density at radius 1 is 1.19 bits per heavy atom.